The average Bonchev–Trinajstić information content (AvgIpc) is 2.98. The Bertz CT molecular complexity index is 630. The molecule has 0 saturated carbocycles. The summed E-state index contributed by atoms with van der Waals surface area (Å²) in [7, 11) is 1.56. The Hall–Kier alpha value is -2.05. The maximum absolute atomic E-state index is 12.1. The van der Waals surface area contributed by atoms with E-state index in [1.165, 1.54) is 0 Å². The van der Waals surface area contributed by atoms with Crippen LogP contribution in [0.4, 0.5) is 10.5 Å². The molecule has 1 atom stereocenters. The van der Waals surface area contributed by atoms with E-state index in [0.29, 0.717) is 18.1 Å². The molecule has 0 aliphatic rings. The van der Waals surface area contributed by atoms with E-state index in [1.807, 2.05) is 19.1 Å². The maximum Gasteiger partial charge on any atom is 0.320 e. The summed E-state index contributed by atoms with van der Waals surface area (Å²) in [4.78, 5) is 16.0. The number of urea groups is 1. The highest BCUT2D eigenvalue weighted by Crippen LogP contribution is 2.20. The molecule has 0 saturated heterocycles. The minimum absolute atomic E-state index is 0.229. The summed E-state index contributed by atoms with van der Waals surface area (Å²) < 4.78 is 10.8. The third-order valence-corrected chi connectivity index (χ3v) is 3.32. The molecule has 0 fully saturated rings. The summed E-state index contributed by atoms with van der Waals surface area (Å²) >= 11 is 5.91. The van der Waals surface area contributed by atoms with Gasteiger partial charge in [-0.05, 0) is 24.3 Å². The minimum atomic E-state index is -0.411. The Balaban J connectivity index is 2.04. The predicted molar refractivity (Wildman–Crippen MR) is 84.1 cm³/mol. The van der Waals surface area contributed by atoms with Crippen molar-refractivity contribution in [1.29, 1.82) is 0 Å². The van der Waals surface area contributed by atoms with E-state index in [9.17, 15) is 4.79 Å². The van der Waals surface area contributed by atoms with Crippen molar-refractivity contribution < 1.29 is 13.9 Å². The monoisotopic (exact) mass is 323 g/mol. The largest absolute Gasteiger partial charge is 0.464 e. The zero-order valence-electron chi connectivity index (χ0n) is 12.4. The number of aromatic nitrogens is 1. The second kappa shape index (κ2) is 7.82. The summed E-state index contributed by atoms with van der Waals surface area (Å²) in [5.41, 5.74) is 0.437. The van der Waals surface area contributed by atoms with E-state index in [-0.39, 0.29) is 11.2 Å². The van der Waals surface area contributed by atoms with Gasteiger partial charge in [0.25, 0.3) is 0 Å². The van der Waals surface area contributed by atoms with Crippen LogP contribution in [0.5, 0.6) is 0 Å². The lowest BCUT2D eigenvalue weighted by molar-refractivity contribution is 0.158. The van der Waals surface area contributed by atoms with Crippen molar-refractivity contribution in [2.45, 2.75) is 19.4 Å². The summed E-state index contributed by atoms with van der Waals surface area (Å²) in [6.45, 7) is 2.29. The SMILES string of the molecule is CCc1ccc([C@@H](COC)NC(=O)Nc2cccnc2Cl)o1. The number of nitrogens with one attached hydrogen (secondary N) is 2. The van der Waals surface area contributed by atoms with Gasteiger partial charge in [-0.1, -0.05) is 18.5 Å². The van der Waals surface area contributed by atoms with Crippen LogP contribution in [0.25, 0.3) is 0 Å². The van der Waals surface area contributed by atoms with Gasteiger partial charge in [0.15, 0.2) is 5.15 Å². The lowest BCUT2D eigenvalue weighted by Crippen LogP contribution is -2.34. The molecule has 118 valence electrons. The number of carbonyl (C=O) groups excluding carboxylic acids is 1. The molecular weight excluding hydrogens is 306 g/mol. The van der Waals surface area contributed by atoms with Crippen LogP contribution in [0.15, 0.2) is 34.9 Å². The summed E-state index contributed by atoms with van der Waals surface area (Å²) in [5.74, 6) is 1.50. The minimum Gasteiger partial charge on any atom is -0.464 e. The van der Waals surface area contributed by atoms with Gasteiger partial charge in [0.1, 0.15) is 17.6 Å². The van der Waals surface area contributed by atoms with Crippen molar-refractivity contribution >= 4 is 23.3 Å². The molecule has 2 aromatic rings. The summed E-state index contributed by atoms with van der Waals surface area (Å²) in [5, 5.41) is 5.67. The van der Waals surface area contributed by atoms with E-state index in [4.69, 9.17) is 20.8 Å². The van der Waals surface area contributed by atoms with Crippen molar-refractivity contribution in [3.8, 4) is 0 Å². The second-order valence-corrected chi connectivity index (χ2v) is 4.96. The van der Waals surface area contributed by atoms with Crippen LogP contribution in [0.2, 0.25) is 5.15 Å². The van der Waals surface area contributed by atoms with Crippen molar-refractivity contribution in [3.63, 3.8) is 0 Å². The zero-order valence-corrected chi connectivity index (χ0v) is 13.2. The van der Waals surface area contributed by atoms with Gasteiger partial charge < -0.3 is 19.8 Å². The molecule has 2 rings (SSSR count). The fourth-order valence-corrected chi connectivity index (χ4v) is 2.10. The lowest BCUT2D eigenvalue weighted by atomic mass is 10.2. The van der Waals surface area contributed by atoms with Gasteiger partial charge in [-0.2, -0.15) is 0 Å². The standard InChI is InChI=1S/C15H18ClN3O3/c1-3-10-6-7-13(22-10)12(9-21-2)19-15(20)18-11-5-4-8-17-14(11)16/h4-8,12H,3,9H2,1-2H3,(H2,18,19,20)/t12-/m1/s1. The normalized spacial score (nSPS) is 12.0. The van der Waals surface area contributed by atoms with Gasteiger partial charge in [-0.25, -0.2) is 9.78 Å². The topological polar surface area (TPSA) is 76.4 Å². The first-order chi connectivity index (χ1) is 10.6. The molecule has 0 aliphatic carbocycles. The molecule has 2 heterocycles. The first-order valence-electron chi connectivity index (χ1n) is 6.89. The summed E-state index contributed by atoms with van der Waals surface area (Å²) in [6.07, 6.45) is 2.34. The van der Waals surface area contributed by atoms with Crippen LogP contribution < -0.4 is 10.6 Å². The highest BCUT2D eigenvalue weighted by Gasteiger charge is 2.18. The van der Waals surface area contributed by atoms with Gasteiger partial charge in [-0.15, -0.1) is 0 Å². The van der Waals surface area contributed by atoms with Gasteiger partial charge in [0, 0.05) is 19.7 Å². The highest BCUT2D eigenvalue weighted by atomic mass is 35.5. The fourth-order valence-electron chi connectivity index (χ4n) is 1.93. The van der Waals surface area contributed by atoms with Gasteiger partial charge in [0.05, 0.1) is 12.3 Å². The number of pyridine rings is 1. The number of hydrogen-bond donors (Lipinski definition) is 2. The number of furan rings is 1. The van der Waals surface area contributed by atoms with E-state index in [0.717, 1.165) is 12.2 Å². The molecule has 0 bridgehead atoms. The number of nitrogens with zero attached hydrogens (tertiary/aromatic N) is 1. The molecule has 2 N–H and O–H groups in total. The van der Waals surface area contributed by atoms with Gasteiger partial charge >= 0.3 is 6.03 Å². The molecule has 0 aromatic carbocycles. The van der Waals surface area contributed by atoms with Crippen molar-refractivity contribution in [2.75, 3.05) is 19.0 Å². The smallest absolute Gasteiger partial charge is 0.320 e. The first kappa shape index (κ1) is 16.3. The van der Waals surface area contributed by atoms with Gasteiger partial charge in [0.2, 0.25) is 0 Å². The zero-order chi connectivity index (χ0) is 15.9. The van der Waals surface area contributed by atoms with Crippen molar-refractivity contribution in [3.05, 3.63) is 47.1 Å². The number of aryl methyl sites for hydroxylation is 1. The van der Waals surface area contributed by atoms with Gasteiger partial charge in [-0.3, -0.25) is 0 Å². The molecule has 7 heteroatoms. The molecule has 2 aromatic heterocycles. The van der Waals surface area contributed by atoms with E-state index >= 15 is 0 Å². The Kier molecular flexibility index (Phi) is 5.80. The first-order valence-corrected chi connectivity index (χ1v) is 7.27. The predicted octanol–water partition coefficient (Wildman–Crippen LogP) is 3.40. The maximum atomic E-state index is 12.1. The van der Waals surface area contributed by atoms with Crippen LogP contribution in [-0.2, 0) is 11.2 Å². The van der Waals surface area contributed by atoms with E-state index in [1.54, 1.807) is 25.4 Å². The number of carbonyl (C=O) groups is 1. The summed E-state index contributed by atoms with van der Waals surface area (Å²) in [6, 6.07) is 6.28. The third-order valence-electron chi connectivity index (χ3n) is 3.02. The molecular formula is C15H18ClN3O3. The highest BCUT2D eigenvalue weighted by molar-refractivity contribution is 6.32. The number of hydrogen-bond acceptors (Lipinski definition) is 4. The molecule has 22 heavy (non-hydrogen) atoms. The van der Waals surface area contributed by atoms with Crippen LogP contribution in [0.3, 0.4) is 0 Å². The number of halogens is 1. The number of amides is 2. The molecule has 0 aliphatic heterocycles. The lowest BCUT2D eigenvalue weighted by Gasteiger charge is -2.16. The number of rotatable bonds is 6. The molecule has 0 spiro atoms. The molecule has 0 unspecified atom stereocenters. The van der Waals surface area contributed by atoms with Crippen molar-refractivity contribution in [2.24, 2.45) is 0 Å². The molecule has 6 nitrogen and oxygen atoms in total. The molecule has 2 amide bonds. The van der Waals surface area contributed by atoms with Crippen LogP contribution in [-0.4, -0.2) is 24.7 Å². The van der Waals surface area contributed by atoms with Crippen LogP contribution in [0.1, 0.15) is 24.5 Å². The average molecular weight is 324 g/mol. The number of ether oxygens (including phenoxy) is 1. The third kappa shape index (κ3) is 4.22. The Labute approximate surface area is 133 Å². The quantitative estimate of drug-likeness (QED) is 0.799. The second-order valence-electron chi connectivity index (χ2n) is 4.61. The van der Waals surface area contributed by atoms with Crippen LogP contribution >= 0.6 is 11.6 Å². The van der Waals surface area contributed by atoms with E-state index in [2.05, 4.69) is 15.6 Å². The fraction of sp³-hybridized carbons (Fsp3) is 0.333. The Morgan fingerprint density at radius 3 is 2.91 bits per heavy atom. The van der Waals surface area contributed by atoms with Crippen molar-refractivity contribution in [1.82, 2.24) is 10.3 Å². The van der Waals surface area contributed by atoms with E-state index < -0.39 is 6.03 Å². The molecule has 0 radical (unpaired) electrons. The Morgan fingerprint density at radius 2 is 2.27 bits per heavy atom. The van der Waals surface area contributed by atoms with Crippen LogP contribution in [0, 0.1) is 0 Å². The number of methoxy groups -OCH3 is 1. The Morgan fingerprint density at radius 1 is 1.45 bits per heavy atom. The number of anilines is 1.